The lowest BCUT2D eigenvalue weighted by Crippen LogP contribution is -2.39. The molecule has 0 saturated heterocycles. The SMILES string of the molecule is C[N+](C)(C)CC(c1c[nH]c2cc(Br)ccc12)c1c2c3c(ccnc3c3nc(CS(=O)(=O)O)oc13)NC=C2. The number of hydrogen-bond acceptors (Lipinski definition) is 6. The van der Waals surface area contributed by atoms with Crippen molar-refractivity contribution in [2.75, 3.05) is 33.0 Å². The number of fused-ring (bicyclic) bond motifs is 3. The molecule has 0 saturated carbocycles. The van der Waals surface area contributed by atoms with Gasteiger partial charge in [0, 0.05) is 50.6 Å². The number of hydrogen-bond donors (Lipinski definition) is 3. The molecule has 190 valence electrons. The third kappa shape index (κ3) is 4.31. The number of H-pyrrole nitrogens is 1. The van der Waals surface area contributed by atoms with E-state index in [0.717, 1.165) is 49.7 Å². The van der Waals surface area contributed by atoms with Gasteiger partial charge in [-0.05, 0) is 35.4 Å². The number of benzene rings is 2. The van der Waals surface area contributed by atoms with Crippen LogP contribution in [0.15, 0.2) is 51.7 Å². The summed E-state index contributed by atoms with van der Waals surface area (Å²) in [5.74, 6) is -0.932. The number of quaternary nitrogens is 1. The van der Waals surface area contributed by atoms with Gasteiger partial charge in [-0.3, -0.25) is 9.54 Å². The quantitative estimate of drug-likeness (QED) is 0.185. The molecule has 0 amide bonds. The lowest BCUT2D eigenvalue weighted by Gasteiger charge is -2.31. The first-order valence-electron chi connectivity index (χ1n) is 11.7. The zero-order chi connectivity index (χ0) is 26.1. The molecule has 2 aromatic carbocycles. The normalized spacial score (nSPS) is 14.5. The van der Waals surface area contributed by atoms with Crippen molar-refractivity contribution in [3.05, 3.63) is 69.9 Å². The predicted molar refractivity (Wildman–Crippen MR) is 148 cm³/mol. The summed E-state index contributed by atoms with van der Waals surface area (Å²) in [7, 11) is 2.06. The van der Waals surface area contributed by atoms with Crippen LogP contribution in [0.3, 0.4) is 0 Å². The standard InChI is InChI=1S/C26H24BrN5O4S/c1-32(2,3)12-18(17-11-30-20-10-14(27)4-5-15(17)20)22-16-6-8-28-19-7-9-29-24(23(16)19)25-26(22)36-21(31-25)13-37(33,34)35/h4-11,18,28,30H,12-13H2,1-3H3/p+1. The average molecular weight is 583 g/mol. The van der Waals surface area contributed by atoms with Crippen LogP contribution in [0.5, 0.6) is 0 Å². The fourth-order valence-electron chi connectivity index (χ4n) is 5.25. The van der Waals surface area contributed by atoms with E-state index >= 15 is 0 Å². The summed E-state index contributed by atoms with van der Waals surface area (Å²) >= 11 is 3.56. The summed E-state index contributed by atoms with van der Waals surface area (Å²) < 4.78 is 40.7. The highest BCUT2D eigenvalue weighted by Crippen LogP contribution is 2.45. The maximum absolute atomic E-state index is 11.7. The average Bonchev–Trinajstić information content (AvgIpc) is 3.40. The highest BCUT2D eigenvalue weighted by atomic mass is 79.9. The van der Waals surface area contributed by atoms with Gasteiger partial charge in [0.2, 0.25) is 5.89 Å². The second-order valence-corrected chi connectivity index (χ2v) is 12.7. The molecule has 1 atom stereocenters. The molecule has 0 radical (unpaired) electrons. The van der Waals surface area contributed by atoms with E-state index in [9.17, 15) is 13.0 Å². The Balaban J connectivity index is 1.73. The van der Waals surface area contributed by atoms with Crippen molar-refractivity contribution in [3.63, 3.8) is 0 Å². The summed E-state index contributed by atoms with van der Waals surface area (Å²) in [6.45, 7) is 0.724. The molecule has 3 aromatic heterocycles. The molecule has 5 aromatic rings. The van der Waals surface area contributed by atoms with Gasteiger partial charge in [-0.2, -0.15) is 8.42 Å². The first-order chi connectivity index (χ1) is 17.5. The fraction of sp³-hybridized carbons (Fsp3) is 0.231. The van der Waals surface area contributed by atoms with Crippen LogP contribution >= 0.6 is 15.9 Å². The second kappa shape index (κ2) is 8.38. The minimum absolute atomic E-state index is 0.0764. The molecule has 1 aliphatic rings. The Labute approximate surface area is 221 Å². The molecule has 0 bridgehead atoms. The van der Waals surface area contributed by atoms with Gasteiger partial charge in [0.25, 0.3) is 10.1 Å². The Hall–Kier alpha value is -3.25. The third-order valence-electron chi connectivity index (χ3n) is 6.58. The first kappa shape index (κ1) is 24.1. The van der Waals surface area contributed by atoms with Gasteiger partial charge in [-0.15, -0.1) is 0 Å². The molecule has 11 heteroatoms. The molecule has 6 rings (SSSR count). The minimum Gasteiger partial charge on any atom is -0.439 e. The Bertz CT molecular complexity index is 1850. The second-order valence-electron chi connectivity index (χ2n) is 10.4. The van der Waals surface area contributed by atoms with Crippen molar-refractivity contribution >= 4 is 70.7 Å². The van der Waals surface area contributed by atoms with Crippen LogP contribution in [0.2, 0.25) is 0 Å². The molecule has 37 heavy (non-hydrogen) atoms. The molecule has 0 aliphatic carbocycles. The molecule has 1 unspecified atom stereocenters. The van der Waals surface area contributed by atoms with Crippen LogP contribution in [-0.2, 0) is 15.9 Å². The van der Waals surface area contributed by atoms with Gasteiger partial charge in [-0.1, -0.05) is 22.0 Å². The van der Waals surface area contributed by atoms with Crippen LogP contribution in [0.4, 0.5) is 5.69 Å². The molecule has 4 heterocycles. The van der Waals surface area contributed by atoms with Crippen LogP contribution in [0.25, 0.3) is 39.0 Å². The minimum atomic E-state index is -4.34. The monoisotopic (exact) mass is 582 g/mol. The van der Waals surface area contributed by atoms with Crippen molar-refractivity contribution < 1.29 is 21.9 Å². The molecular formula is C26H25BrN5O4S+. The number of oxazole rings is 1. The van der Waals surface area contributed by atoms with Crippen molar-refractivity contribution in [3.8, 4) is 0 Å². The zero-order valence-electron chi connectivity index (χ0n) is 20.4. The van der Waals surface area contributed by atoms with E-state index in [1.807, 2.05) is 36.7 Å². The van der Waals surface area contributed by atoms with E-state index in [-0.39, 0.29) is 11.8 Å². The summed E-state index contributed by atoms with van der Waals surface area (Å²) in [6, 6.07) is 8.06. The Morgan fingerprint density at radius 3 is 2.76 bits per heavy atom. The lowest BCUT2D eigenvalue weighted by atomic mass is 9.84. The number of anilines is 1. The molecule has 0 fully saturated rings. The maximum atomic E-state index is 11.7. The molecule has 1 aliphatic heterocycles. The van der Waals surface area contributed by atoms with Crippen LogP contribution in [0.1, 0.15) is 28.5 Å². The van der Waals surface area contributed by atoms with Crippen molar-refractivity contribution in [1.82, 2.24) is 15.0 Å². The summed E-state index contributed by atoms with van der Waals surface area (Å²) in [6.07, 6.45) is 7.61. The molecular weight excluding hydrogens is 558 g/mol. The van der Waals surface area contributed by atoms with Crippen molar-refractivity contribution in [2.45, 2.75) is 11.7 Å². The predicted octanol–water partition coefficient (Wildman–Crippen LogP) is 5.24. The van der Waals surface area contributed by atoms with Gasteiger partial charge >= 0.3 is 0 Å². The number of halogens is 1. The van der Waals surface area contributed by atoms with Gasteiger partial charge in [0.1, 0.15) is 11.0 Å². The Morgan fingerprint density at radius 2 is 2.00 bits per heavy atom. The van der Waals surface area contributed by atoms with Gasteiger partial charge < -0.3 is 19.2 Å². The smallest absolute Gasteiger partial charge is 0.273 e. The third-order valence-corrected chi connectivity index (χ3v) is 7.68. The van der Waals surface area contributed by atoms with E-state index < -0.39 is 15.9 Å². The Morgan fingerprint density at radius 1 is 1.19 bits per heavy atom. The number of likely N-dealkylation sites (N-methyl/N-ethyl adjacent to an activating group) is 1. The van der Waals surface area contributed by atoms with Crippen LogP contribution in [-0.4, -0.2) is 60.1 Å². The number of aromatic amines is 1. The molecule has 9 nitrogen and oxygen atoms in total. The van der Waals surface area contributed by atoms with Crippen LogP contribution in [0, 0.1) is 0 Å². The van der Waals surface area contributed by atoms with Gasteiger partial charge in [-0.25, -0.2) is 4.98 Å². The van der Waals surface area contributed by atoms with E-state index in [0.29, 0.717) is 21.1 Å². The lowest BCUT2D eigenvalue weighted by molar-refractivity contribution is -0.871. The number of nitrogens with zero attached hydrogens (tertiary/aromatic N) is 3. The fourth-order valence-corrected chi connectivity index (χ4v) is 6.05. The summed E-state index contributed by atoms with van der Waals surface area (Å²) in [5.41, 5.74) is 6.40. The van der Waals surface area contributed by atoms with E-state index in [1.54, 1.807) is 6.20 Å². The summed E-state index contributed by atoms with van der Waals surface area (Å²) in [4.78, 5) is 12.5. The zero-order valence-corrected chi connectivity index (χ0v) is 22.8. The maximum Gasteiger partial charge on any atom is 0.273 e. The van der Waals surface area contributed by atoms with E-state index in [2.05, 4.69) is 63.4 Å². The molecule has 0 spiro atoms. The largest absolute Gasteiger partial charge is 0.439 e. The van der Waals surface area contributed by atoms with Gasteiger partial charge in [0.15, 0.2) is 11.3 Å². The number of rotatable bonds is 6. The number of aromatic nitrogens is 3. The van der Waals surface area contributed by atoms with E-state index in [1.165, 1.54) is 0 Å². The van der Waals surface area contributed by atoms with Crippen molar-refractivity contribution in [1.29, 1.82) is 0 Å². The summed E-state index contributed by atoms with van der Waals surface area (Å²) in [5, 5.41) is 5.28. The van der Waals surface area contributed by atoms with Gasteiger partial charge in [0.05, 0.1) is 33.6 Å². The highest BCUT2D eigenvalue weighted by Gasteiger charge is 2.33. The van der Waals surface area contributed by atoms with Crippen molar-refractivity contribution in [2.24, 2.45) is 0 Å². The first-order valence-corrected chi connectivity index (χ1v) is 14.1. The number of pyridine rings is 1. The highest BCUT2D eigenvalue weighted by molar-refractivity contribution is 9.10. The number of nitrogens with one attached hydrogen (secondary N) is 2. The molecule has 3 N–H and O–H groups in total. The topological polar surface area (TPSA) is 121 Å². The van der Waals surface area contributed by atoms with E-state index in [4.69, 9.17) is 4.42 Å². The van der Waals surface area contributed by atoms with Crippen LogP contribution < -0.4 is 5.32 Å². The Kier molecular flexibility index (Phi) is 5.46.